The third-order valence-corrected chi connectivity index (χ3v) is 7.71. The summed E-state index contributed by atoms with van der Waals surface area (Å²) in [5, 5.41) is 37.3. The number of aromatic carboxylic acids is 1. The number of ether oxygens (including phenoxy) is 1. The van der Waals surface area contributed by atoms with Crippen LogP contribution >= 0.6 is 23.2 Å². The van der Waals surface area contributed by atoms with Crippen molar-refractivity contribution in [3.63, 3.8) is 0 Å². The molecule has 0 aliphatic heterocycles. The zero-order valence-corrected chi connectivity index (χ0v) is 28.4. The molecule has 0 saturated carbocycles. The molecule has 0 bridgehead atoms. The number of carboxylic acids is 1. The Hall–Kier alpha value is -6.88. The minimum absolute atomic E-state index is 0.0333. The molecule has 18 heteroatoms. The fraction of sp³-hybridized carbons (Fsp3) is 0.118. The fourth-order valence-electron chi connectivity index (χ4n) is 5.19. The Labute approximate surface area is 303 Å². The van der Waals surface area contributed by atoms with Crippen LogP contribution in [-0.4, -0.2) is 65.0 Å². The second-order valence-electron chi connectivity index (χ2n) is 10.9. The maximum absolute atomic E-state index is 11.9. The van der Waals surface area contributed by atoms with Gasteiger partial charge in [0.25, 0.3) is 11.8 Å². The monoisotopic (exact) mass is 738 g/mol. The van der Waals surface area contributed by atoms with Gasteiger partial charge in [-0.2, -0.15) is 20.7 Å². The van der Waals surface area contributed by atoms with E-state index in [1.165, 1.54) is 34.2 Å². The van der Waals surface area contributed by atoms with E-state index in [1.54, 1.807) is 49.4 Å². The highest BCUT2D eigenvalue weighted by molar-refractivity contribution is 6.31. The number of esters is 1. The molecule has 6 rings (SSSR count). The second-order valence-corrected chi connectivity index (χ2v) is 11.8. The first-order valence-electron chi connectivity index (χ1n) is 14.9. The number of aromatic nitrogens is 6. The predicted molar refractivity (Wildman–Crippen MR) is 186 cm³/mol. The number of amides is 2. The van der Waals surface area contributed by atoms with E-state index in [4.69, 9.17) is 49.8 Å². The molecule has 0 unspecified atom stereocenters. The molecule has 6 aromatic rings. The maximum atomic E-state index is 11.9. The average molecular weight is 740 g/mol. The first-order valence-corrected chi connectivity index (χ1v) is 15.7. The van der Waals surface area contributed by atoms with E-state index in [2.05, 4.69) is 20.2 Å². The molecule has 260 valence electrons. The summed E-state index contributed by atoms with van der Waals surface area (Å²) in [6, 6.07) is 13.6. The molecule has 4 heterocycles. The van der Waals surface area contributed by atoms with Gasteiger partial charge < -0.3 is 21.3 Å². The topological polar surface area (TPSA) is 259 Å². The molecular weight excluding hydrogens is 715 g/mol. The number of fused-ring (bicyclic) bond motifs is 2. The minimum Gasteiger partial charge on any atom is -0.478 e. The smallest absolute Gasteiger partial charge is 0.342 e. The molecule has 52 heavy (non-hydrogen) atoms. The van der Waals surface area contributed by atoms with Crippen molar-refractivity contribution >= 4 is 68.8 Å². The van der Waals surface area contributed by atoms with E-state index < -0.39 is 23.8 Å². The molecule has 0 saturated heterocycles. The van der Waals surface area contributed by atoms with Crippen LogP contribution in [0.3, 0.4) is 0 Å². The molecule has 4 aromatic heterocycles. The standard InChI is InChI=1S/C18H14ClN5O3.C16H10ClN5O3/c1-2-27-18(26)14-9-24(23-15(14)6-20)8-10-3-11-5-12(19)7-22-16(11)13(4-10)17(21)25;17-10-3-9-1-8(2-11(15(19)23)14(9)20-5-10)6-22-7-12(16(24)25)13(4-18)21-22/h3-5,7,9H,2,8H2,1H3,(H2,21,25);1-3,5,7H,6H2,(H2,19,23)(H,24,25). The Morgan fingerprint density at radius 3 is 1.58 bits per heavy atom. The molecule has 16 nitrogen and oxygen atoms in total. The molecule has 0 aliphatic carbocycles. The van der Waals surface area contributed by atoms with Gasteiger partial charge in [-0.15, -0.1) is 0 Å². The van der Waals surface area contributed by atoms with E-state index in [-0.39, 0.29) is 53.3 Å². The molecule has 0 radical (unpaired) electrons. The molecule has 0 atom stereocenters. The van der Waals surface area contributed by atoms with Gasteiger partial charge in [0, 0.05) is 35.6 Å². The first kappa shape index (κ1) is 36.4. The third kappa shape index (κ3) is 7.95. The van der Waals surface area contributed by atoms with Crippen LogP contribution in [0.5, 0.6) is 0 Å². The lowest BCUT2D eigenvalue weighted by atomic mass is 10.0. The van der Waals surface area contributed by atoms with Gasteiger partial charge in [-0.05, 0) is 54.4 Å². The lowest BCUT2D eigenvalue weighted by Crippen LogP contribution is -2.13. The Bertz CT molecular complexity index is 2510. The van der Waals surface area contributed by atoms with Crippen molar-refractivity contribution < 1.29 is 29.0 Å². The van der Waals surface area contributed by atoms with Crippen molar-refractivity contribution in [2.45, 2.75) is 20.0 Å². The molecule has 5 N–H and O–H groups in total. The summed E-state index contributed by atoms with van der Waals surface area (Å²) in [6.07, 6.45) is 5.54. The van der Waals surface area contributed by atoms with E-state index >= 15 is 0 Å². The third-order valence-electron chi connectivity index (χ3n) is 7.30. The second kappa shape index (κ2) is 15.3. The molecular formula is C34H24Cl2N10O6. The van der Waals surface area contributed by atoms with Gasteiger partial charge in [0.15, 0.2) is 11.4 Å². The molecule has 2 aromatic carbocycles. The van der Waals surface area contributed by atoms with Gasteiger partial charge in [-0.3, -0.25) is 28.9 Å². The van der Waals surface area contributed by atoms with Crippen LogP contribution in [0.4, 0.5) is 0 Å². The van der Waals surface area contributed by atoms with Crippen molar-refractivity contribution in [1.29, 1.82) is 10.5 Å². The summed E-state index contributed by atoms with van der Waals surface area (Å²) in [4.78, 5) is 54.8. The molecule has 0 spiro atoms. The Kier molecular flexibility index (Phi) is 10.7. The normalized spacial score (nSPS) is 10.6. The lowest BCUT2D eigenvalue weighted by Gasteiger charge is -2.08. The van der Waals surface area contributed by atoms with E-state index in [0.29, 0.717) is 43.0 Å². The molecule has 0 aliphatic rings. The summed E-state index contributed by atoms with van der Waals surface area (Å²) in [6.45, 7) is 2.21. The van der Waals surface area contributed by atoms with E-state index in [1.807, 2.05) is 6.07 Å². The molecule has 0 fully saturated rings. The number of carbonyl (C=O) groups is 4. The van der Waals surface area contributed by atoms with Crippen molar-refractivity contribution in [2.75, 3.05) is 6.61 Å². The zero-order valence-electron chi connectivity index (χ0n) is 26.9. The number of hydrogen-bond donors (Lipinski definition) is 3. The van der Waals surface area contributed by atoms with Gasteiger partial charge >= 0.3 is 11.9 Å². The van der Waals surface area contributed by atoms with Crippen LogP contribution < -0.4 is 11.5 Å². The number of pyridine rings is 2. The number of nitrogens with zero attached hydrogens (tertiary/aromatic N) is 8. The first-order chi connectivity index (χ1) is 24.8. The van der Waals surface area contributed by atoms with E-state index in [0.717, 1.165) is 0 Å². The van der Waals surface area contributed by atoms with Crippen molar-refractivity contribution in [1.82, 2.24) is 29.5 Å². The Morgan fingerprint density at radius 1 is 0.750 bits per heavy atom. The number of carboxylic acid groups (broad SMARTS) is 1. The SMILES string of the molecule is CCOC(=O)c1cn(Cc2cc(C(N)=O)c3ncc(Cl)cc3c2)nc1C#N.N#Cc1nn(Cc2cc(C(N)=O)c3ncc(Cl)cc3c2)cc1C(=O)O. The van der Waals surface area contributed by atoms with Gasteiger partial charge in [0.05, 0.1) is 51.9 Å². The average Bonchev–Trinajstić information content (AvgIpc) is 3.71. The highest BCUT2D eigenvalue weighted by Crippen LogP contribution is 2.25. The minimum atomic E-state index is -1.24. The maximum Gasteiger partial charge on any atom is 0.342 e. The summed E-state index contributed by atoms with van der Waals surface area (Å²) in [7, 11) is 0. The van der Waals surface area contributed by atoms with E-state index in [9.17, 15) is 24.4 Å². The van der Waals surface area contributed by atoms with Gasteiger partial charge in [0.1, 0.15) is 23.3 Å². The highest BCUT2D eigenvalue weighted by Gasteiger charge is 2.19. The fourth-order valence-corrected chi connectivity index (χ4v) is 5.52. The van der Waals surface area contributed by atoms with Crippen LogP contribution in [-0.2, 0) is 17.8 Å². The van der Waals surface area contributed by atoms with Gasteiger partial charge in [-0.1, -0.05) is 23.2 Å². The quantitative estimate of drug-likeness (QED) is 0.177. The largest absolute Gasteiger partial charge is 0.478 e. The Morgan fingerprint density at radius 2 is 1.19 bits per heavy atom. The molecule has 2 amide bonds. The number of rotatable bonds is 9. The number of carbonyl (C=O) groups excluding carboxylic acids is 3. The van der Waals surface area contributed by atoms with Crippen molar-refractivity contribution in [3.8, 4) is 12.1 Å². The lowest BCUT2D eigenvalue weighted by molar-refractivity contribution is 0.0525. The zero-order chi connectivity index (χ0) is 37.7. The number of nitriles is 2. The summed E-state index contributed by atoms with van der Waals surface area (Å²) < 4.78 is 7.66. The van der Waals surface area contributed by atoms with Gasteiger partial charge in [0.2, 0.25) is 0 Å². The predicted octanol–water partition coefficient (Wildman–Crippen LogP) is 4.08. The van der Waals surface area contributed by atoms with Crippen molar-refractivity contribution in [3.05, 3.63) is 116 Å². The van der Waals surface area contributed by atoms with Crippen LogP contribution in [0.1, 0.15) is 70.9 Å². The highest BCUT2D eigenvalue weighted by atomic mass is 35.5. The number of benzene rings is 2. The number of nitrogens with two attached hydrogens (primary N) is 2. The van der Waals surface area contributed by atoms with Crippen LogP contribution in [0, 0.1) is 22.7 Å². The van der Waals surface area contributed by atoms with Crippen LogP contribution in [0.15, 0.2) is 61.2 Å². The van der Waals surface area contributed by atoms with Crippen molar-refractivity contribution in [2.24, 2.45) is 11.5 Å². The Balaban J connectivity index is 0.000000202. The number of hydrogen-bond acceptors (Lipinski definition) is 11. The van der Waals surface area contributed by atoms with Crippen LogP contribution in [0.2, 0.25) is 10.0 Å². The number of halogens is 2. The van der Waals surface area contributed by atoms with Crippen LogP contribution in [0.25, 0.3) is 21.8 Å². The summed E-state index contributed by atoms with van der Waals surface area (Å²) >= 11 is 11.9. The summed E-state index contributed by atoms with van der Waals surface area (Å²) in [5.41, 5.74) is 13.2. The number of primary amides is 2. The van der Waals surface area contributed by atoms with Gasteiger partial charge in [-0.25, -0.2) is 9.59 Å². The summed E-state index contributed by atoms with van der Waals surface area (Å²) in [5.74, 6) is -3.13.